The van der Waals surface area contributed by atoms with Gasteiger partial charge in [0.15, 0.2) is 4.77 Å². The third-order valence-corrected chi connectivity index (χ3v) is 3.45. The highest BCUT2D eigenvalue weighted by Crippen LogP contribution is 2.22. The Hall–Kier alpha value is -0.910. The molecule has 1 aromatic heterocycles. The first kappa shape index (κ1) is 14.5. The van der Waals surface area contributed by atoms with Crippen LogP contribution in [-0.2, 0) is 11.3 Å². The summed E-state index contributed by atoms with van der Waals surface area (Å²) in [6, 6.07) is 2.98. The van der Waals surface area contributed by atoms with Crippen LogP contribution in [0.1, 0.15) is 19.8 Å². The van der Waals surface area contributed by atoms with Crippen molar-refractivity contribution in [2.75, 3.05) is 13.2 Å². The average Bonchev–Trinajstić information content (AvgIpc) is 2.66. The quantitative estimate of drug-likeness (QED) is 0.636. The topological polar surface area (TPSA) is 29.9 Å². The van der Waals surface area contributed by atoms with Crippen LogP contribution in [0.2, 0.25) is 5.02 Å². The predicted molar refractivity (Wildman–Crippen MR) is 77.8 cm³/mol. The Morgan fingerprint density at radius 2 is 2.21 bits per heavy atom. The van der Waals surface area contributed by atoms with Gasteiger partial charge >= 0.3 is 0 Å². The van der Waals surface area contributed by atoms with Crippen molar-refractivity contribution >= 4 is 34.9 Å². The second-order valence-electron chi connectivity index (χ2n) is 4.33. The van der Waals surface area contributed by atoms with Crippen LogP contribution in [0.3, 0.4) is 0 Å². The molecular formula is C13H16ClFN2OS. The first-order valence-corrected chi connectivity index (χ1v) is 7.07. The maximum atomic E-state index is 13.5. The third kappa shape index (κ3) is 3.35. The summed E-state index contributed by atoms with van der Waals surface area (Å²) in [4.78, 5) is 3.03. The van der Waals surface area contributed by atoms with Crippen LogP contribution in [0.25, 0.3) is 11.0 Å². The van der Waals surface area contributed by atoms with Gasteiger partial charge in [0.05, 0.1) is 16.1 Å². The summed E-state index contributed by atoms with van der Waals surface area (Å²) < 4.78 is 21.4. The maximum Gasteiger partial charge on any atom is 0.178 e. The Kier molecular flexibility index (Phi) is 4.96. The number of aromatic nitrogens is 2. The van der Waals surface area contributed by atoms with Gasteiger partial charge in [0.25, 0.3) is 0 Å². The van der Waals surface area contributed by atoms with Crippen molar-refractivity contribution < 1.29 is 9.13 Å². The Bertz CT molecular complexity index is 623. The van der Waals surface area contributed by atoms with Gasteiger partial charge in [0.2, 0.25) is 0 Å². The van der Waals surface area contributed by atoms with E-state index in [1.165, 1.54) is 6.07 Å². The van der Waals surface area contributed by atoms with Crippen LogP contribution in [0.5, 0.6) is 0 Å². The predicted octanol–water partition coefficient (Wildman–Crippen LogP) is 4.31. The first-order valence-electron chi connectivity index (χ1n) is 6.28. The Balaban J connectivity index is 2.16. The second kappa shape index (κ2) is 6.50. The number of aromatic amines is 1. The van der Waals surface area contributed by atoms with Gasteiger partial charge < -0.3 is 14.3 Å². The van der Waals surface area contributed by atoms with Gasteiger partial charge in [0.1, 0.15) is 5.82 Å². The lowest BCUT2D eigenvalue weighted by Crippen LogP contribution is -2.03. The van der Waals surface area contributed by atoms with E-state index >= 15 is 0 Å². The molecule has 1 aromatic carbocycles. The molecule has 0 aliphatic carbocycles. The fourth-order valence-electron chi connectivity index (χ4n) is 1.94. The molecule has 0 radical (unpaired) electrons. The van der Waals surface area contributed by atoms with Crippen LogP contribution >= 0.6 is 23.8 Å². The fraction of sp³-hybridized carbons (Fsp3) is 0.462. The molecule has 2 rings (SSSR count). The van der Waals surface area contributed by atoms with Gasteiger partial charge in [-0.2, -0.15) is 0 Å². The molecule has 1 heterocycles. The highest BCUT2D eigenvalue weighted by Gasteiger charge is 2.08. The van der Waals surface area contributed by atoms with E-state index in [1.807, 2.05) is 4.57 Å². The van der Waals surface area contributed by atoms with Crippen molar-refractivity contribution in [2.45, 2.75) is 26.3 Å². The molecule has 1 N–H and O–H groups in total. The van der Waals surface area contributed by atoms with Crippen molar-refractivity contribution in [1.29, 1.82) is 0 Å². The van der Waals surface area contributed by atoms with E-state index < -0.39 is 5.82 Å². The number of fused-ring (bicyclic) bond motifs is 1. The molecule has 0 atom stereocenters. The molecule has 6 heteroatoms. The molecule has 0 aliphatic rings. The molecule has 0 saturated carbocycles. The highest BCUT2D eigenvalue weighted by molar-refractivity contribution is 7.71. The smallest absolute Gasteiger partial charge is 0.178 e. The number of rotatable bonds is 6. The van der Waals surface area contributed by atoms with Crippen molar-refractivity contribution in [3.63, 3.8) is 0 Å². The maximum absolute atomic E-state index is 13.5. The van der Waals surface area contributed by atoms with Crippen LogP contribution in [0.15, 0.2) is 12.1 Å². The number of halogens is 2. The zero-order chi connectivity index (χ0) is 13.8. The average molecular weight is 303 g/mol. The molecule has 0 spiro atoms. The normalized spacial score (nSPS) is 11.3. The zero-order valence-electron chi connectivity index (χ0n) is 10.7. The third-order valence-electron chi connectivity index (χ3n) is 2.84. The van der Waals surface area contributed by atoms with E-state index in [0.717, 1.165) is 30.5 Å². The number of nitrogens with zero attached hydrogens (tertiary/aromatic N) is 1. The van der Waals surface area contributed by atoms with Gasteiger partial charge in [-0.15, -0.1) is 0 Å². The number of H-pyrrole nitrogens is 1. The van der Waals surface area contributed by atoms with Gasteiger partial charge in [-0.1, -0.05) is 18.5 Å². The van der Waals surface area contributed by atoms with Gasteiger partial charge in [-0.05, 0) is 31.1 Å². The summed E-state index contributed by atoms with van der Waals surface area (Å²) in [7, 11) is 0. The van der Waals surface area contributed by atoms with Crippen LogP contribution in [-0.4, -0.2) is 22.8 Å². The summed E-state index contributed by atoms with van der Waals surface area (Å²) in [5, 5.41) is 0.0992. The molecule has 3 nitrogen and oxygen atoms in total. The monoisotopic (exact) mass is 302 g/mol. The lowest BCUT2D eigenvalue weighted by atomic mass is 10.3. The van der Waals surface area contributed by atoms with Crippen LogP contribution in [0, 0.1) is 10.6 Å². The Morgan fingerprint density at radius 3 is 2.95 bits per heavy atom. The molecule has 19 heavy (non-hydrogen) atoms. The van der Waals surface area contributed by atoms with Crippen molar-refractivity contribution in [3.05, 3.63) is 27.7 Å². The Labute approximate surface area is 121 Å². The van der Waals surface area contributed by atoms with Crippen LogP contribution < -0.4 is 0 Å². The van der Waals surface area contributed by atoms with Gasteiger partial charge in [-0.25, -0.2) is 4.39 Å². The lowest BCUT2D eigenvalue weighted by molar-refractivity contribution is 0.129. The number of nitrogens with one attached hydrogen (secondary N) is 1. The number of imidazole rings is 1. The molecule has 0 bridgehead atoms. The minimum atomic E-state index is -0.431. The van der Waals surface area contributed by atoms with E-state index in [0.29, 0.717) is 17.9 Å². The van der Waals surface area contributed by atoms with Crippen molar-refractivity contribution in [1.82, 2.24) is 9.55 Å². The summed E-state index contributed by atoms with van der Waals surface area (Å²) in [6.07, 6.45) is 1.85. The first-order chi connectivity index (χ1) is 9.13. The summed E-state index contributed by atoms with van der Waals surface area (Å²) in [5.41, 5.74) is 1.49. The molecule has 104 valence electrons. The van der Waals surface area contributed by atoms with Crippen molar-refractivity contribution in [3.8, 4) is 0 Å². The number of hydrogen-bond acceptors (Lipinski definition) is 2. The highest BCUT2D eigenvalue weighted by atomic mass is 35.5. The van der Waals surface area contributed by atoms with Gasteiger partial charge in [0, 0.05) is 25.8 Å². The van der Waals surface area contributed by atoms with E-state index in [9.17, 15) is 4.39 Å². The number of hydrogen-bond donors (Lipinski definition) is 1. The molecule has 0 saturated heterocycles. The largest absolute Gasteiger partial charge is 0.381 e. The van der Waals surface area contributed by atoms with Crippen molar-refractivity contribution in [2.24, 2.45) is 0 Å². The molecule has 2 aromatic rings. The summed E-state index contributed by atoms with van der Waals surface area (Å²) >= 11 is 11.0. The SMILES string of the molecule is CCCOCCCn1c(=S)[nH]c2cc(Cl)c(F)cc21. The number of ether oxygens (including phenoxy) is 1. The Morgan fingerprint density at radius 1 is 1.42 bits per heavy atom. The molecule has 0 fully saturated rings. The molecule has 0 aliphatic heterocycles. The minimum absolute atomic E-state index is 0.0992. The minimum Gasteiger partial charge on any atom is -0.381 e. The van der Waals surface area contributed by atoms with E-state index in [4.69, 9.17) is 28.6 Å². The fourth-order valence-corrected chi connectivity index (χ4v) is 2.41. The lowest BCUT2D eigenvalue weighted by Gasteiger charge is -2.05. The van der Waals surface area contributed by atoms with Crippen LogP contribution in [0.4, 0.5) is 4.39 Å². The molecular weight excluding hydrogens is 287 g/mol. The van der Waals surface area contributed by atoms with E-state index in [-0.39, 0.29) is 5.02 Å². The van der Waals surface area contributed by atoms with Gasteiger partial charge in [-0.3, -0.25) is 0 Å². The summed E-state index contributed by atoms with van der Waals surface area (Å²) in [5.74, 6) is -0.431. The number of benzene rings is 1. The second-order valence-corrected chi connectivity index (χ2v) is 5.13. The standard InChI is InChI=1S/C13H16ClFN2OS/c1-2-5-18-6-3-4-17-12-8-10(15)9(14)7-11(12)16-13(17)19/h7-8H,2-6H2,1H3,(H,16,19). The van der Waals surface area contributed by atoms with E-state index in [1.54, 1.807) is 6.07 Å². The number of aryl methyl sites for hydroxylation is 1. The van der Waals surface area contributed by atoms with E-state index in [2.05, 4.69) is 11.9 Å². The molecule has 0 amide bonds. The zero-order valence-corrected chi connectivity index (χ0v) is 12.3. The molecule has 0 unspecified atom stereocenters. The summed E-state index contributed by atoms with van der Waals surface area (Å²) in [6.45, 7) is 4.22.